The van der Waals surface area contributed by atoms with Gasteiger partial charge in [0, 0.05) is 11.8 Å². The lowest BCUT2D eigenvalue weighted by Crippen LogP contribution is -2.48. The molecule has 0 radical (unpaired) electrons. The lowest BCUT2D eigenvalue weighted by Gasteiger charge is -2.27. The minimum atomic E-state index is -3.64. The van der Waals surface area contributed by atoms with Crippen molar-refractivity contribution in [2.75, 3.05) is 11.9 Å². The van der Waals surface area contributed by atoms with Gasteiger partial charge in [0.25, 0.3) is 15.9 Å². The van der Waals surface area contributed by atoms with Crippen molar-refractivity contribution in [3.05, 3.63) is 65.6 Å². The number of rotatable bonds is 7. The van der Waals surface area contributed by atoms with E-state index in [9.17, 15) is 13.2 Å². The Labute approximate surface area is 180 Å². The van der Waals surface area contributed by atoms with E-state index in [1.807, 2.05) is 0 Å². The molecule has 1 aliphatic heterocycles. The van der Waals surface area contributed by atoms with E-state index < -0.39 is 15.6 Å². The van der Waals surface area contributed by atoms with Crippen LogP contribution in [0.25, 0.3) is 0 Å². The number of ether oxygens (including phenoxy) is 1. The van der Waals surface area contributed by atoms with E-state index in [0.29, 0.717) is 28.3 Å². The number of anilines is 1. The van der Waals surface area contributed by atoms with E-state index in [0.717, 1.165) is 0 Å². The van der Waals surface area contributed by atoms with Crippen molar-refractivity contribution in [2.24, 2.45) is 15.9 Å². The molecule has 0 spiro atoms. The minimum absolute atomic E-state index is 0.102. The Morgan fingerprint density at radius 2 is 2.06 bits per heavy atom. The van der Waals surface area contributed by atoms with Gasteiger partial charge in [-0.15, -0.1) is 4.40 Å². The third kappa shape index (κ3) is 5.51. The second kappa shape index (κ2) is 8.26. The van der Waals surface area contributed by atoms with Gasteiger partial charge >= 0.3 is 0 Å². The Bertz CT molecular complexity index is 1170. The standard InChI is InChI=1S/C20H24N6O4S/c1-12(21)24-16-9-13(7-8-23-16)19(27)25-20(2,3)11-30-15-6-4-5-14-10-31(28,29)26-18(22)17(14)15/h4-9H,1,10-11,21H2,2-3H3,(H2,22,26)(H,23,24)(H,25,27). The number of nitrogens with one attached hydrogen (secondary N) is 2. The molecule has 31 heavy (non-hydrogen) atoms. The largest absolute Gasteiger partial charge is 0.490 e. The fraction of sp³-hybridized carbons (Fsp3) is 0.250. The number of amides is 1. The van der Waals surface area contributed by atoms with Crippen LogP contribution in [0.5, 0.6) is 5.75 Å². The van der Waals surface area contributed by atoms with Crippen LogP contribution in [0.15, 0.2) is 53.3 Å². The molecule has 0 fully saturated rings. The summed E-state index contributed by atoms with van der Waals surface area (Å²) in [5.74, 6) is 0.317. The number of pyridine rings is 1. The number of sulfonamides is 1. The predicted octanol–water partition coefficient (Wildman–Crippen LogP) is 1.06. The number of nitrogens with zero attached hydrogens (tertiary/aromatic N) is 2. The van der Waals surface area contributed by atoms with Gasteiger partial charge in [0.05, 0.1) is 22.7 Å². The summed E-state index contributed by atoms with van der Waals surface area (Å²) >= 11 is 0. The summed E-state index contributed by atoms with van der Waals surface area (Å²) in [4.78, 5) is 16.8. The van der Waals surface area contributed by atoms with Crippen molar-refractivity contribution in [2.45, 2.75) is 25.1 Å². The number of benzene rings is 1. The maximum Gasteiger partial charge on any atom is 0.259 e. The van der Waals surface area contributed by atoms with E-state index >= 15 is 0 Å². The number of carbonyl (C=O) groups excluding carboxylic acids is 1. The highest BCUT2D eigenvalue weighted by atomic mass is 32.2. The number of hydrogen-bond acceptors (Lipinski definition) is 8. The van der Waals surface area contributed by atoms with Gasteiger partial charge in [-0.3, -0.25) is 4.79 Å². The van der Waals surface area contributed by atoms with Crippen molar-refractivity contribution in [1.82, 2.24) is 10.3 Å². The first-order valence-electron chi connectivity index (χ1n) is 9.29. The van der Waals surface area contributed by atoms with Gasteiger partial charge in [0.15, 0.2) is 0 Å². The molecule has 0 saturated heterocycles. The zero-order chi connectivity index (χ0) is 22.8. The van der Waals surface area contributed by atoms with Gasteiger partial charge in [-0.1, -0.05) is 18.7 Å². The number of fused-ring (bicyclic) bond motifs is 1. The van der Waals surface area contributed by atoms with Gasteiger partial charge in [-0.2, -0.15) is 0 Å². The molecule has 1 aromatic heterocycles. The SMILES string of the molecule is C=C(N)Nc1cc(C(=O)NC(C)(C)COc2cccc3c2C(N)=NS(=O)(=O)C3)ccn1. The topological polar surface area (TPSA) is 162 Å². The van der Waals surface area contributed by atoms with Crippen molar-refractivity contribution >= 4 is 27.6 Å². The Balaban J connectivity index is 1.72. The van der Waals surface area contributed by atoms with E-state index in [-0.39, 0.29) is 29.9 Å². The monoisotopic (exact) mass is 444 g/mol. The van der Waals surface area contributed by atoms with E-state index in [1.165, 1.54) is 6.20 Å². The fourth-order valence-corrected chi connectivity index (χ4v) is 4.10. The zero-order valence-electron chi connectivity index (χ0n) is 17.2. The van der Waals surface area contributed by atoms with Gasteiger partial charge in [-0.05, 0) is 37.6 Å². The Kier molecular flexibility index (Phi) is 5.89. The van der Waals surface area contributed by atoms with Gasteiger partial charge in [0.2, 0.25) is 0 Å². The van der Waals surface area contributed by atoms with Crippen LogP contribution in [0.3, 0.4) is 0 Å². The molecule has 10 nitrogen and oxygen atoms in total. The second-order valence-electron chi connectivity index (χ2n) is 7.70. The first kappa shape index (κ1) is 22.1. The number of carbonyl (C=O) groups is 1. The van der Waals surface area contributed by atoms with Gasteiger partial charge < -0.3 is 26.8 Å². The summed E-state index contributed by atoms with van der Waals surface area (Å²) in [7, 11) is -3.64. The normalized spacial score (nSPS) is 14.7. The van der Waals surface area contributed by atoms with Crippen LogP contribution in [0.2, 0.25) is 0 Å². The maximum atomic E-state index is 12.7. The minimum Gasteiger partial charge on any atom is -0.490 e. The summed E-state index contributed by atoms with van der Waals surface area (Å²) < 4.78 is 33.1. The first-order valence-corrected chi connectivity index (χ1v) is 10.9. The highest BCUT2D eigenvalue weighted by Gasteiger charge is 2.27. The molecule has 0 atom stereocenters. The molecule has 3 rings (SSSR count). The molecule has 2 heterocycles. The zero-order valence-corrected chi connectivity index (χ0v) is 18.0. The maximum absolute atomic E-state index is 12.7. The third-order valence-corrected chi connectivity index (χ3v) is 5.45. The van der Waals surface area contributed by atoms with Crippen molar-refractivity contribution in [3.63, 3.8) is 0 Å². The molecule has 6 N–H and O–H groups in total. The van der Waals surface area contributed by atoms with Crippen LogP contribution >= 0.6 is 0 Å². The summed E-state index contributed by atoms with van der Waals surface area (Å²) in [5.41, 5.74) is 12.0. The molecule has 2 aromatic rings. The van der Waals surface area contributed by atoms with Crippen LogP contribution in [0.4, 0.5) is 5.82 Å². The molecule has 164 valence electrons. The summed E-state index contributed by atoms with van der Waals surface area (Å²) in [6, 6.07) is 8.15. The molecule has 1 amide bonds. The third-order valence-electron chi connectivity index (χ3n) is 4.30. The highest BCUT2D eigenvalue weighted by Crippen LogP contribution is 2.28. The lowest BCUT2D eigenvalue weighted by atomic mass is 10.0. The van der Waals surface area contributed by atoms with Crippen molar-refractivity contribution < 1.29 is 17.9 Å². The average Bonchev–Trinajstić information content (AvgIpc) is 2.64. The molecule has 1 aromatic carbocycles. The first-order chi connectivity index (χ1) is 14.5. The molecule has 0 bridgehead atoms. The van der Waals surface area contributed by atoms with E-state index in [4.69, 9.17) is 16.2 Å². The molecule has 0 unspecified atom stereocenters. The fourth-order valence-electron chi connectivity index (χ4n) is 3.01. The summed E-state index contributed by atoms with van der Waals surface area (Å²) in [5, 5.41) is 5.65. The molecule has 0 saturated carbocycles. The molecule has 0 aliphatic carbocycles. The Morgan fingerprint density at radius 1 is 1.32 bits per heavy atom. The summed E-state index contributed by atoms with van der Waals surface area (Å²) in [6.45, 7) is 7.23. The molecular weight excluding hydrogens is 420 g/mol. The Hall–Kier alpha value is -3.60. The number of nitrogens with two attached hydrogens (primary N) is 2. The lowest BCUT2D eigenvalue weighted by molar-refractivity contribution is 0.0880. The van der Waals surface area contributed by atoms with Crippen LogP contribution in [-0.2, 0) is 15.8 Å². The van der Waals surface area contributed by atoms with E-state index in [2.05, 4.69) is 26.6 Å². The molecule has 1 aliphatic rings. The van der Waals surface area contributed by atoms with Gasteiger partial charge in [0.1, 0.15) is 24.0 Å². The Morgan fingerprint density at radius 3 is 2.77 bits per heavy atom. The number of amidine groups is 1. The van der Waals surface area contributed by atoms with Gasteiger partial charge in [-0.25, -0.2) is 13.4 Å². The summed E-state index contributed by atoms with van der Waals surface area (Å²) in [6.07, 6.45) is 1.48. The van der Waals surface area contributed by atoms with Crippen LogP contribution < -0.4 is 26.8 Å². The van der Waals surface area contributed by atoms with Crippen LogP contribution in [-0.4, -0.2) is 37.3 Å². The quantitative estimate of drug-likeness (QED) is 0.493. The van der Waals surface area contributed by atoms with Crippen molar-refractivity contribution in [1.29, 1.82) is 0 Å². The molecule has 11 heteroatoms. The smallest absolute Gasteiger partial charge is 0.259 e. The number of aromatic nitrogens is 1. The predicted molar refractivity (Wildman–Crippen MR) is 118 cm³/mol. The number of hydrogen-bond donors (Lipinski definition) is 4. The highest BCUT2D eigenvalue weighted by molar-refractivity contribution is 7.89. The van der Waals surface area contributed by atoms with E-state index in [1.54, 1.807) is 44.2 Å². The second-order valence-corrected chi connectivity index (χ2v) is 9.33. The molecular formula is C20H24N6O4S. The van der Waals surface area contributed by atoms with Crippen LogP contribution in [0, 0.1) is 0 Å². The van der Waals surface area contributed by atoms with Crippen molar-refractivity contribution in [3.8, 4) is 5.75 Å². The van der Waals surface area contributed by atoms with Crippen LogP contribution in [0.1, 0.15) is 35.3 Å². The average molecular weight is 445 g/mol.